The highest BCUT2D eigenvalue weighted by molar-refractivity contribution is 5.66. The van der Waals surface area contributed by atoms with E-state index < -0.39 is 30.3 Å². The molecule has 2 unspecified atom stereocenters. The largest absolute Gasteiger partial charge is 0.456 e. The van der Waals surface area contributed by atoms with E-state index in [-0.39, 0.29) is 0 Å². The Balaban J connectivity index is 4.73. The van der Waals surface area contributed by atoms with Crippen molar-refractivity contribution in [2.45, 2.75) is 38.2 Å². The molecule has 0 saturated carbocycles. The predicted octanol–water partition coefficient (Wildman–Crippen LogP) is 2.47. The van der Waals surface area contributed by atoms with Crippen LogP contribution in [0.2, 0.25) is 0 Å². The van der Waals surface area contributed by atoms with Crippen molar-refractivity contribution in [2.75, 3.05) is 0 Å². The second-order valence-electron chi connectivity index (χ2n) is 2.83. The minimum atomic E-state index is -5.70. The van der Waals surface area contributed by atoms with Crippen molar-refractivity contribution in [2.24, 2.45) is 0 Å². The SMILES string of the molecule is CC(=O)OC(C)C(F)(F)C(F)C(F)(F)F. The third kappa shape index (κ3) is 3.60. The van der Waals surface area contributed by atoms with Crippen LogP contribution >= 0.6 is 0 Å². The zero-order chi connectivity index (χ0) is 12.4. The van der Waals surface area contributed by atoms with Crippen LogP contribution in [0.4, 0.5) is 26.3 Å². The minimum Gasteiger partial charge on any atom is -0.456 e. The molecular formula is C7H8F6O2. The molecule has 0 N–H and O–H groups in total. The molecule has 2 nitrogen and oxygen atoms in total. The van der Waals surface area contributed by atoms with Gasteiger partial charge in [0.25, 0.3) is 6.17 Å². The standard InChI is InChI=1S/C7H8F6O2/c1-3(15-4(2)14)6(9,10)5(8)7(11,12)13/h3,5H,1-2H3. The highest BCUT2D eigenvalue weighted by atomic mass is 19.4. The summed E-state index contributed by atoms with van der Waals surface area (Å²) in [6.07, 6.45) is -12.5. The van der Waals surface area contributed by atoms with E-state index in [1.54, 1.807) is 0 Å². The van der Waals surface area contributed by atoms with Crippen LogP contribution in [0.3, 0.4) is 0 Å². The lowest BCUT2D eigenvalue weighted by Gasteiger charge is -2.27. The molecule has 15 heavy (non-hydrogen) atoms. The molecule has 0 saturated heterocycles. The number of hydrogen-bond acceptors (Lipinski definition) is 2. The third-order valence-corrected chi connectivity index (χ3v) is 1.51. The summed E-state index contributed by atoms with van der Waals surface area (Å²) in [4.78, 5) is 10.2. The van der Waals surface area contributed by atoms with Gasteiger partial charge in [-0.25, -0.2) is 4.39 Å². The molecule has 0 fully saturated rings. The number of halogens is 6. The Morgan fingerprint density at radius 1 is 1.20 bits per heavy atom. The maximum atomic E-state index is 12.7. The number of carbonyl (C=O) groups is 1. The van der Waals surface area contributed by atoms with Gasteiger partial charge in [0.05, 0.1) is 0 Å². The van der Waals surface area contributed by atoms with Crippen LogP contribution in [-0.2, 0) is 9.53 Å². The molecule has 0 bridgehead atoms. The number of carbonyl (C=O) groups excluding carboxylic acids is 1. The molecule has 0 rings (SSSR count). The van der Waals surface area contributed by atoms with Gasteiger partial charge in [-0.05, 0) is 6.92 Å². The van der Waals surface area contributed by atoms with Gasteiger partial charge in [-0.15, -0.1) is 0 Å². The smallest absolute Gasteiger partial charge is 0.425 e. The minimum absolute atomic E-state index is 0.486. The van der Waals surface area contributed by atoms with Gasteiger partial charge in [0.1, 0.15) is 0 Å². The van der Waals surface area contributed by atoms with Crippen LogP contribution in [0.25, 0.3) is 0 Å². The number of esters is 1. The Kier molecular flexibility index (Phi) is 4.01. The maximum absolute atomic E-state index is 12.7. The molecule has 90 valence electrons. The highest BCUT2D eigenvalue weighted by Gasteiger charge is 2.60. The Bertz CT molecular complexity index is 236. The third-order valence-electron chi connectivity index (χ3n) is 1.51. The first-order valence-corrected chi connectivity index (χ1v) is 3.75. The van der Waals surface area contributed by atoms with Crippen molar-refractivity contribution in [3.05, 3.63) is 0 Å². The Labute approximate surface area is 81.2 Å². The van der Waals surface area contributed by atoms with Crippen molar-refractivity contribution < 1.29 is 35.9 Å². The quantitative estimate of drug-likeness (QED) is 0.557. The molecule has 0 radical (unpaired) electrons. The van der Waals surface area contributed by atoms with Crippen molar-refractivity contribution in [1.29, 1.82) is 0 Å². The molecule has 8 heteroatoms. The molecule has 0 aliphatic carbocycles. The van der Waals surface area contributed by atoms with Crippen LogP contribution in [-0.4, -0.2) is 30.3 Å². The fourth-order valence-electron chi connectivity index (χ4n) is 0.752. The van der Waals surface area contributed by atoms with Crippen LogP contribution in [0.5, 0.6) is 0 Å². The lowest BCUT2D eigenvalue weighted by molar-refractivity contribution is -0.268. The summed E-state index contributed by atoms with van der Waals surface area (Å²) in [6.45, 7) is 1.22. The Hall–Kier alpha value is -0.950. The first-order chi connectivity index (χ1) is 6.49. The summed E-state index contributed by atoms with van der Waals surface area (Å²) in [6, 6.07) is 0. The zero-order valence-corrected chi connectivity index (χ0v) is 7.74. The number of alkyl halides is 6. The molecule has 0 aromatic heterocycles. The maximum Gasteiger partial charge on any atom is 0.425 e. The molecule has 0 amide bonds. The predicted molar refractivity (Wildman–Crippen MR) is 37.1 cm³/mol. The fraction of sp³-hybridized carbons (Fsp3) is 0.857. The molecule has 0 heterocycles. The van der Waals surface area contributed by atoms with E-state index in [9.17, 15) is 31.1 Å². The Morgan fingerprint density at radius 3 is 1.87 bits per heavy atom. The van der Waals surface area contributed by atoms with Gasteiger partial charge < -0.3 is 4.74 Å². The van der Waals surface area contributed by atoms with Gasteiger partial charge in [0.15, 0.2) is 6.10 Å². The molecule has 0 aliphatic rings. The van der Waals surface area contributed by atoms with E-state index in [0.29, 0.717) is 6.92 Å². The normalized spacial score (nSPS) is 17.1. The van der Waals surface area contributed by atoms with Crippen molar-refractivity contribution in [3.8, 4) is 0 Å². The number of hydrogen-bond donors (Lipinski definition) is 0. The summed E-state index contributed by atoms with van der Waals surface area (Å²) >= 11 is 0. The first kappa shape index (κ1) is 14.0. The van der Waals surface area contributed by atoms with Crippen molar-refractivity contribution >= 4 is 5.97 Å². The summed E-state index contributed by atoms with van der Waals surface area (Å²) in [5, 5.41) is 0. The summed E-state index contributed by atoms with van der Waals surface area (Å²) < 4.78 is 76.5. The molecular weight excluding hydrogens is 230 g/mol. The van der Waals surface area contributed by atoms with Crippen molar-refractivity contribution in [1.82, 2.24) is 0 Å². The van der Waals surface area contributed by atoms with Gasteiger partial charge in [-0.2, -0.15) is 22.0 Å². The van der Waals surface area contributed by atoms with Crippen LogP contribution < -0.4 is 0 Å². The average molecular weight is 238 g/mol. The van der Waals surface area contributed by atoms with E-state index in [1.165, 1.54) is 0 Å². The first-order valence-electron chi connectivity index (χ1n) is 3.75. The molecule has 0 aromatic rings. The monoisotopic (exact) mass is 238 g/mol. The van der Waals surface area contributed by atoms with E-state index in [4.69, 9.17) is 0 Å². The summed E-state index contributed by atoms with van der Waals surface area (Å²) in [5.74, 6) is -6.01. The number of rotatable bonds is 3. The van der Waals surface area contributed by atoms with Crippen molar-refractivity contribution in [3.63, 3.8) is 0 Å². The van der Waals surface area contributed by atoms with Crippen LogP contribution in [0.1, 0.15) is 13.8 Å². The van der Waals surface area contributed by atoms with Gasteiger partial charge in [-0.1, -0.05) is 0 Å². The van der Waals surface area contributed by atoms with Gasteiger partial charge in [-0.3, -0.25) is 4.79 Å². The highest BCUT2D eigenvalue weighted by Crippen LogP contribution is 2.37. The van der Waals surface area contributed by atoms with Gasteiger partial charge in [0.2, 0.25) is 0 Å². The second-order valence-corrected chi connectivity index (χ2v) is 2.83. The van der Waals surface area contributed by atoms with E-state index in [0.717, 1.165) is 6.92 Å². The lowest BCUT2D eigenvalue weighted by atomic mass is 10.1. The molecule has 0 spiro atoms. The van der Waals surface area contributed by atoms with Crippen LogP contribution in [0.15, 0.2) is 0 Å². The van der Waals surface area contributed by atoms with E-state index in [2.05, 4.69) is 4.74 Å². The molecule has 0 aromatic carbocycles. The molecule has 2 atom stereocenters. The zero-order valence-electron chi connectivity index (χ0n) is 7.74. The van der Waals surface area contributed by atoms with E-state index in [1.807, 2.05) is 0 Å². The van der Waals surface area contributed by atoms with E-state index >= 15 is 0 Å². The summed E-state index contributed by atoms with van der Waals surface area (Å²) in [5.41, 5.74) is 0. The van der Waals surface area contributed by atoms with Gasteiger partial charge >= 0.3 is 18.1 Å². The Morgan fingerprint density at radius 2 is 1.60 bits per heavy atom. The average Bonchev–Trinajstić information content (AvgIpc) is 1.99. The molecule has 0 aliphatic heterocycles. The fourth-order valence-corrected chi connectivity index (χ4v) is 0.752. The second kappa shape index (κ2) is 4.28. The van der Waals surface area contributed by atoms with Gasteiger partial charge in [0, 0.05) is 6.92 Å². The topological polar surface area (TPSA) is 26.3 Å². The van der Waals surface area contributed by atoms with Crippen LogP contribution in [0, 0.1) is 0 Å². The number of ether oxygens (including phenoxy) is 1. The lowest BCUT2D eigenvalue weighted by Crippen LogP contribution is -2.49. The summed E-state index contributed by atoms with van der Waals surface area (Å²) in [7, 11) is 0.